The van der Waals surface area contributed by atoms with Crippen LogP contribution in [0.25, 0.3) is 10.6 Å². The van der Waals surface area contributed by atoms with Crippen LogP contribution in [0, 0.1) is 11.6 Å². The number of hydrogen-bond donors (Lipinski definition) is 1. The minimum atomic E-state index is -0.675. The lowest BCUT2D eigenvalue weighted by atomic mass is 10.2. The molecule has 1 aromatic heterocycles. The number of amides is 1. The second-order valence-electron chi connectivity index (χ2n) is 4.68. The van der Waals surface area contributed by atoms with Crippen molar-refractivity contribution in [3.05, 3.63) is 40.9 Å². The van der Waals surface area contributed by atoms with Crippen LogP contribution in [0.3, 0.4) is 0 Å². The number of carbonyl (C=O) groups excluding carboxylic acids is 1. The molecule has 2 heterocycles. The van der Waals surface area contributed by atoms with Gasteiger partial charge in [0.2, 0.25) is 0 Å². The fourth-order valence-electron chi connectivity index (χ4n) is 2.22. The van der Waals surface area contributed by atoms with Gasteiger partial charge >= 0.3 is 0 Å². The van der Waals surface area contributed by atoms with Crippen LogP contribution in [0.2, 0.25) is 0 Å². The molecule has 0 spiro atoms. The summed E-state index contributed by atoms with van der Waals surface area (Å²) in [6.07, 6.45) is 0. The molecule has 0 unspecified atom stereocenters. The number of aromatic nitrogens is 1. The molecule has 1 amide bonds. The molecule has 2 aromatic rings. The Hall–Kier alpha value is -1.86. The van der Waals surface area contributed by atoms with E-state index >= 15 is 0 Å². The molecule has 1 fully saturated rings. The highest BCUT2D eigenvalue weighted by Crippen LogP contribution is 2.29. The molecule has 1 saturated heterocycles. The Morgan fingerprint density at radius 1 is 1.24 bits per heavy atom. The first-order valence-electron chi connectivity index (χ1n) is 6.56. The van der Waals surface area contributed by atoms with Crippen LogP contribution in [0.5, 0.6) is 0 Å². The van der Waals surface area contributed by atoms with Crippen molar-refractivity contribution in [2.75, 3.05) is 26.2 Å². The zero-order chi connectivity index (χ0) is 14.8. The molecular formula is C14H13F2N3OS. The predicted octanol–water partition coefficient (Wildman–Crippen LogP) is 2.13. The van der Waals surface area contributed by atoms with Gasteiger partial charge in [0.15, 0.2) is 0 Å². The topological polar surface area (TPSA) is 45.2 Å². The van der Waals surface area contributed by atoms with Crippen molar-refractivity contribution < 1.29 is 13.6 Å². The summed E-state index contributed by atoms with van der Waals surface area (Å²) in [4.78, 5) is 18.1. The van der Waals surface area contributed by atoms with E-state index in [0.717, 1.165) is 24.4 Å². The van der Waals surface area contributed by atoms with Crippen LogP contribution in [0.15, 0.2) is 23.6 Å². The van der Waals surface area contributed by atoms with Gasteiger partial charge in [0, 0.05) is 31.6 Å². The molecule has 1 aromatic carbocycles. The Labute approximate surface area is 124 Å². The highest BCUT2D eigenvalue weighted by Gasteiger charge is 2.22. The molecule has 1 N–H and O–H groups in total. The summed E-state index contributed by atoms with van der Waals surface area (Å²) in [6, 6.07) is 3.66. The third-order valence-electron chi connectivity index (χ3n) is 3.30. The summed E-state index contributed by atoms with van der Waals surface area (Å²) in [6.45, 7) is 2.70. The fraction of sp³-hybridized carbons (Fsp3) is 0.286. The third kappa shape index (κ3) is 2.79. The van der Waals surface area contributed by atoms with Gasteiger partial charge in [-0.15, -0.1) is 11.3 Å². The molecule has 0 bridgehead atoms. The molecule has 7 heteroatoms. The first-order valence-corrected chi connectivity index (χ1v) is 7.44. The summed E-state index contributed by atoms with van der Waals surface area (Å²) < 4.78 is 27.4. The van der Waals surface area contributed by atoms with Gasteiger partial charge in [0.25, 0.3) is 5.91 Å². The van der Waals surface area contributed by atoms with E-state index in [0.29, 0.717) is 13.1 Å². The molecule has 21 heavy (non-hydrogen) atoms. The minimum absolute atomic E-state index is 0.179. The van der Waals surface area contributed by atoms with Gasteiger partial charge < -0.3 is 10.2 Å². The number of nitrogens with zero attached hydrogens (tertiary/aromatic N) is 2. The molecule has 0 atom stereocenters. The van der Waals surface area contributed by atoms with Crippen LogP contribution in [0.1, 0.15) is 10.5 Å². The number of halogens is 2. The second-order valence-corrected chi connectivity index (χ2v) is 5.53. The maximum Gasteiger partial charge on any atom is 0.273 e. The number of hydrogen-bond acceptors (Lipinski definition) is 4. The predicted molar refractivity (Wildman–Crippen MR) is 76.2 cm³/mol. The van der Waals surface area contributed by atoms with Gasteiger partial charge in [-0.05, 0) is 12.1 Å². The average molecular weight is 309 g/mol. The van der Waals surface area contributed by atoms with Crippen LogP contribution >= 0.6 is 11.3 Å². The first kappa shape index (κ1) is 14.1. The lowest BCUT2D eigenvalue weighted by Crippen LogP contribution is -2.46. The quantitative estimate of drug-likeness (QED) is 0.924. The van der Waals surface area contributed by atoms with E-state index in [-0.39, 0.29) is 22.2 Å². The van der Waals surface area contributed by atoms with Gasteiger partial charge in [-0.3, -0.25) is 4.79 Å². The summed E-state index contributed by atoms with van der Waals surface area (Å²) in [5, 5.41) is 4.89. The number of nitrogens with one attached hydrogen (secondary N) is 1. The number of rotatable bonds is 2. The molecule has 110 valence electrons. The smallest absolute Gasteiger partial charge is 0.273 e. The third-order valence-corrected chi connectivity index (χ3v) is 4.16. The number of piperazine rings is 1. The fourth-order valence-corrected chi connectivity index (χ4v) is 3.06. The zero-order valence-electron chi connectivity index (χ0n) is 11.1. The van der Waals surface area contributed by atoms with Crippen molar-refractivity contribution >= 4 is 17.2 Å². The largest absolute Gasteiger partial charge is 0.335 e. The van der Waals surface area contributed by atoms with Crippen molar-refractivity contribution in [3.8, 4) is 10.6 Å². The molecule has 0 saturated carbocycles. The average Bonchev–Trinajstić information content (AvgIpc) is 2.97. The van der Waals surface area contributed by atoms with E-state index in [1.165, 1.54) is 18.2 Å². The van der Waals surface area contributed by atoms with Gasteiger partial charge in [0.05, 0.1) is 5.56 Å². The Kier molecular flexibility index (Phi) is 3.94. The van der Waals surface area contributed by atoms with E-state index in [4.69, 9.17) is 0 Å². The van der Waals surface area contributed by atoms with Crippen LogP contribution in [0.4, 0.5) is 8.78 Å². The summed E-state index contributed by atoms with van der Waals surface area (Å²) in [7, 11) is 0. The number of carbonyl (C=O) groups is 1. The van der Waals surface area contributed by atoms with Crippen LogP contribution in [-0.4, -0.2) is 42.0 Å². The Morgan fingerprint density at radius 3 is 2.57 bits per heavy atom. The highest BCUT2D eigenvalue weighted by atomic mass is 32.1. The lowest BCUT2D eigenvalue weighted by molar-refractivity contribution is 0.0731. The maximum atomic E-state index is 13.7. The zero-order valence-corrected chi connectivity index (χ0v) is 11.9. The maximum absolute atomic E-state index is 13.7. The van der Waals surface area contributed by atoms with Crippen molar-refractivity contribution in [2.24, 2.45) is 0 Å². The molecule has 1 aliphatic heterocycles. The molecule has 0 aliphatic carbocycles. The van der Waals surface area contributed by atoms with E-state index < -0.39 is 11.6 Å². The van der Waals surface area contributed by atoms with Crippen molar-refractivity contribution in [2.45, 2.75) is 0 Å². The van der Waals surface area contributed by atoms with Gasteiger partial charge in [-0.2, -0.15) is 0 Å². The summed E-state index contributed by atoms with van der Waals surface area (Å²) in [5.74, 6) is -1.55. The first-order chi connectivity index (χ1) is 10.2. The van der Waals surface area contributed by atoms with Crippen molar-refractivity contribution in [3.63, 3.8) is 0 Å². The molecule has 0 radical (unpaired) electrons. The van der Waals surface area contributed by atoms with Crippen molar-refractivity contribution in [1.82, 2.24) is 15.2 Å². The summed E-state index contributed by atoms with van der Waals surface area (Å²) in [5.41, 5.74) is 0.0569. The minimum Gasteiger partial charge on any atom is -0.335 e. The van der Waals surface area contributed by atoms with Gasteiger partial charge in [0.1, 0.15) is 22.3 Å². The highest BCUT2D eigenvalue weighted by molar-refractivity contribution is 7.13. The van der Waals surface area contributed by atoms with Gasteiger partial charge in [-0.1, -0.05) is 6.07 Å². The lowest BCUT2D eigenvalue weighted by Gasteiger charge is -2.26. The van der Waals surface area contributed by atoms with Crippen LogP contribution < -0.4 is 5.32 Å². The van der Waals surface area contributed by atoms with E-state index in [9.17, 15) is 13.6 Å². The number of benzene rings is 1. The molecule has 4 nitrogen and oxygen atoms in total. The normalized spacial score (nSPS) is 15.2. The van der Waals surface area contributed by atoms with Gasteiger partial charge in [-0.25, -0.2) is 13.8 Å². The molecule has 1 aliphatic rings. The number of thiazole rings is 1. The van der Waals surface area contributed by atoms with Crippen LogP contribution in [-0.2, 0) is 0 Å². The summed E-state index contributed by atoms with van der Waals surface area (Å²) >= 11 is 1.07. The van der Waals surface area contributed by atoms with E-state index in [1.807, 2.05) is 0 Å². The Bertz CT molecular complexity index is 648. The Morgan fingerprint density at radius 2 is 1.90 bits per heavy atom. The molecule has 3 rings (SSSR count). The standard InChI is InChI=1S/C14H13F2N3OS/c15-9-2-1-3-10(16)12(9)13-18-11(8-21-13)14(20)19-6-4-17-5-7-19/h1-3,8,17H,4-7H2. The molecular weight excluding hydrogens is 296 g/mol. The monoisotopic (exact) mass is 309 g/mol. The Balaban J connectivity index is 1.88. The van der Waals surface area contributed by atoms with E-state index in [2.05, 4.69) is 10.3 Å². The second kappa shape index (κ2) is 5.87. The van der Waals surface area contributed by atoms with Crippen molar-refractivity contribution in [1.29, 1.82) is 0 Å². The van der Waals surface area contributed by atoms with E-state index in [1.54, 1.807) is 10.3 Å². The SMILES string of the molecule is O=C(c1csc(-c2c(F)cccc2F)n1)N1CCNCC1.